The highest BCUT2D eigenvalue weighted by molar-refractivity contribution is 6.34. The number of hydrogen-bond acceptors (Lipinski definition) is 4. The normalized spacial score (nSPS) is 12.5. The first-order valence-corrected chi connectivity index (χ1v) is 5.91. The number of nitrogens with zero attached hydrogens (tertiary/aromatic N) is 2. The van der Waals surface area contributed by atoms with Crippen LogP contribution >= 0.6 is 11.6 Å². The summed E-state index contributed by atoms with van der Waals surface area (Å²) in [7, 11) is 1.70. The van der Waals surface area contributed by atoms with Crippen molar-refractivity contribution in [3.63, 3.8) is 0 Å². The van der Waals surface area contributed by atoms with Gasteiger partial charge < -0.3 is 14.8 Å². The quantitative estimate of drug-likeness (QED) is 0.914. The number of aromatic nitrogens is 2. The Bertz CT molecular complexity index is 654. The second-order valence-corrected chi connectivity index (χ2v) is 4.43. The van der Waals surface area contributed by atoms with Crippen LogP contribution in [-0.4, -0.2) is 22.5 Å². The molecule has 1 aromatic heterocycles. The Morgan fingerprint density at radius 2 is 2.21 bits per heavy atom. The van der Waals surface area contributed by atoms with Crippen LogP contribution in [0.2, 0.25) is 5.02 Å². The molecule has 0 saturated carbocycles. The molecule has 0 spiro atoms. The minimum absolute atomic E-state index is 0.182. The van der Waals surface area contributed by atoms with Gasteiger partial charge >= 0.3 is 0 Å². The van der Waals surface area contributed by atoms with Gasteiger partial charge in [0, 0.05) is 25.0 Å². The van der Waals surface area contributed by atoms with Crippen LogP contribution in [0.3, 0.4) is 0 Å². The maximum Gasteiger partial charge on any atom is 0.277 e. The van der Waals surface area contributed by atoms with Crippen molar-refractivity contribution in [1.82, 2.24) is 9.78 Å². The summed E-state index contributed by atoms with van der Waals surface area (Å²) in [6.07, 6.45) is 1.57. The molecule has 0 radical (unpaired) electrons. The summed E-state index contributed by atoms with van der Waals surface area (Å²) in [5.41, 5.74) is 0.776. The van der Waals surface area contributed by atoms with Crippen molar-refractivity contribution in [3.8, 4) is 11.5 Å². The largest absolute Gasteiger partial charge is 0.454 e. The van der Waals surface area contributed by atoms with Gasteiger partial charge in [-0.05, 0) is 12.1 Å². The van der Waals surface area contributed by atoms with Crippen molar-refractivity contribution in [3.05, 3.63) is 35.1 Å². The van der Waals surface area contributed by atoms with Crippen LogP contribution < -0.4 is 14.8 Å². The zero-order valence-electron chi connectivity index (χ0n) is 10.0. The van der Waals surface area contributed by atoms with Crippen molar-refractivity contribution >= 4 is 23.2 Å². The monoisotopic (exact) mass is 279 g/mol. The average Bonchev–Trinajstić information content (AvgIpc) is 2.94. The lowest BCUT2D eigenvalue weighted by Crippen LogP contribution is -2.13. The topological polar surface area (TPSA) is 65.4 Å². The van der Waals surface area contributed by atoms with Gasteiger partial charge in [-0.2, -0.15) is 5.10 Å². The lowest BCUT2D eigenvalue weighted by molar-refractivity contribution is 0.102. The van der Waals surface area contributed by atoms with Gasteiger partial charge in [0.15, 0.2) is 17.2 Å². The Kier molecular flexibility index (Phi) is 2.79. The van der Waals surface area contributed by atoms with E-state index in [1.54, 1.807) is 31.4 Å². The molecule has 98 valence electrons. The molecule has 0 saturated heterocycles. The number of benzene rings is 1. The molecule has 19 heavy (non-hydrogen) atoms. The first-order valence-electron chi connectivity index (χ1n) is 5.53. The predicted molar refractivity (Wildman–Crippen MR) is 68.7 cm³/mol. The standard InChI is InChI=1S/C12H10ClN3O3/c1-16-5-8(13)11(15-16)12(17)14-7-2-3-9-10(4-7)19-6-18-9/h2-5H,6H2,1H3,(H,14,17). The summed E-state index contributed by atoms with van der Waals surface area (Å²) >= 11 is 5.91. The number of anilines is 1. The Hall–Kier alpha value is -2.21. The van der Waals surface area contributed by atoms with Crippen molar-refractivity contribution in [2.75, 3.05) is 12.1 Å². The summed E-state index contributed by atoms with van der Waals surface area (Å²) in [5.74, 6) is 0.892. The molecule has 1 aliphatic rings. The Morgan fingerprint density at radius 1 is 1.42 bits per heavy atom. The number of rotatable bonds is 2. The smallest absolute Gasteiger partial charge is 0.277 e. The third-order valence-electron chi connectivity index (χ3n) is 2.63. The maximum atomic E-state index is 12.0. The van der Waals surface area contributed by atoms with Gasteiger partial charge in [0.25, 0.3) is 5.91 Å². The average molecular weight is 280 g/mol. The molecule has 1 aliphatic heterocycles. The van der Waals surface area contributed by atoms with E-state index in [0.717, 1.165) is 0 Å². The zero-order chi connectivity index (χ0) is 13.4. The highest BCUT2D eigenvalue weighted by Crippen LogP contribution is 2.34. The predicted octanol–water partition coefficient (Wildman–Crippen LogP) is 2.05. The summed E-state index contributed by atoms with van der Waals surface area (Å²) < 4.78 is 11.9. The second kappa shape index (κ2) is 4.47. The van der Waals surface area contributed by atoms with E-state index in [4.69, 9.17) is 21.1 Å². The number of hydrogen-bond donors (Lipinski definition) is 1. The molecule has 6 nitrogen and oxygen atoms in total. The van der Waals surface area contributed by atoms with E-state index in [1.165, 1.54) is 4.68 Å². The molecule has 0 atom stereocenters. The fraction of sp³-hybridized carbons (Fsp3) is 0.167. The minimum Gasteiger partial charge on any atom is -0.454 e. The molecule has 0 aliphatic carbocycles. The Balaban J connectivity index is 1.81. The van der Waals surface area contributed by atoms with Gasteiger partial charge in [-0.3, -0.25) is 9.48 Å². The van der Waals surface area contributed by atoms with Crippen LogP contribution in [0.15, 0.2) is 24.4 Å². The number of carbonyl (C=O) groups excluding carboxylic acids is 1. The van der Waals surface area contributed by atoms with Crippen LogP contribution in [0.1, 0.15) is 10.5 Å². The van der Waals surface area contributed by atoms with Crippen LogP contribution in [0, 0.1) is 0 Å². The van der Waals surface area contributed by atoms with E-state index in [1.807, 2.05) is 0 Å². The molecule has 1 N–H and O–H groups in total. The molecule has 2 heterocycles. The molecule has 2 aromatic rings. The third kappa shape index (κ3) is 2.22. The highest BCUT2D eigenvalue weighted by atomic mass is 35.5. The fourth-order valence-corrected chi connectivity index (χ4v) is 2.04. The van der Waals surface area contributed by atoms with Crippen molar-refractivity contribution in [2.24, 2.45) is 7.05 Å². The van der Waals surface area contributed by atoms with Crippen LogP contribution in [0.4, 0.5) is 5.69 Å². The van der Waals surface area contributed by atoms with Crippen molar-refractivity contribution < 1.29 is 14.3 Å². The van der Waals surface area contributed by atoms with E-state index < -0.39 is 0 Å². The fourth-order valence-electron chi connectivity index (χ4n) is 1.78. The summed E-state index contributed by atoms with van der Waals surface area (Å²) in [4.78, 5) is 12.0. The number of ether oxygens (including phenoxy) is 2. The maximum absolute atomic E-state index is 12.0. The Labute approximate surface area is 113 Å². The summed E-state index contributed by atoms with van der Waals surface area (Å²) in [6.45, 7) is 0.193. The molecule has 0 fully saturated rings. The molecular weight excluding hydrogens is 270 g/mol. The summed E-state index contributed by atoms with van der Waals surface area (Å²) in [6, 6.07) is 5.15. The van der Waals surface area contributed by atoms with Gasteiger partial charge in [-0.25, -0.2) is 0 Å². The van der Waals surface area contributed by atoms with Gasteiger partial charge in [0.2, 0.25) is 6.79 Å². The first kappa shape index (κ1) is 11.9. The lowest BCUT2D eigenvalue weighted by atomic mass is 10.2. The number of amides is 1. The zero-order valence-corrected chi connectivity index (χ0v) is 10.8. The van der Waals surface area contributed by atoms with E-state index in [-0.39, 0.29) is 18.4 Å². The summed E-state index contributed by atoms with van der Waals surface area (Å²) in [5, 5.41) is 7.01. The lowest BCUT2D eigenvalue weighted by Gasteiger charge is -2.04. The molecule has 7 heteroatoms. The van der Waals surface area contributed by atoms with E-state index in [9.17, 15) is 4.79 Å². The molecular formula is C12H10ClN3O3. The second-order valence-electron chi connectivity index (χ2n) is 4.02. The van der Waals surface area contributed by atoms with E-state index in [2.05, 4.69) is 10.4 Å². The first-order chi connectivity index (χ1) is 9.13. The van der Waals surface area contributed by atoms with Crippen molar-refractivity contribution in [1.29, 1.82) is 0 Å². The number of aryl methyl sites for hydroxylation is 1. The number of nitrogens with one attached hydrogen (secondary N) is 1. The molecule has 3 rings (SSSR count). The molecule has 0 bridgehead atoms. The molecule has 1 amide bonds. The number of halogens is 1. The minimum atomic E-state index is -0.371. The third-order valence-corrected chi connectivity index (χ3v) is 2.91. The SMILES string of the molecule is Cn1cc(Cl)c(C(=O)Nc2ccc3c(c2)OCO3)n1. The Morgan fingerprint density at radius 3 is 2.95 bits per heavy atom. The van der Waals surface area contributed by atoms with Gasteiger partial charge in [-0.15, -0.1) is 0 Å². The number of fused-ring (bicyclic) bond motifs is 1. The molecule has 1 aromatic carbocycles. The van der Waals surface area contributed by atoms with Gasteiger partial charge in [-0.1, -0.05) is 11.6 Å². The van der Waals surface area contributed by atoms with Crippen LogP contribution in [0.25, 0.3) is 0 Å². The number of carbonyl (C=O) groups is 1. The van der Waals surface area contributed by atoms with E-state index in [0.29, 0.717) is 22.2 Å². The highest BCUT2D eigenvalue weighted by Gasteiger charge is 2.17. The van der Waals surface area contributed by atoms with E-state index >= 15 is 0 Å². The molecule has 0 unspecified atom stereocenters. The van der Waals surface area contributed by atoms with Crippen LogP contribution in [0.5, 0.6) is 11.5 Å². The van der Waals surface area contributed by atoms with Gasteiger partial charge in [0.1, 0.15) is 0 Å². The van der Waals surface area contributed by atoms with Gasteiger partial charge in [0.05, 0.1) is 5.02 Å². The van der Waals surface area contributed by atoms with Crippen molar-refractivity contribution in [2.45, 2.75) is 0 Å². The van der Waals surface area contributed by atoms with Crippen LogP contribution in [-0.2, 0) is 7.05 Å².